The van der Waals surface area contributed by atoms with Gasteiger partial charge in [-0.1, -0.05) is 66.0 Å². The maximum absolute atomic E-state index is 13.4. The first-order chi connectivity index (χ1) is 15.9. The van der Waals surface area contributed by atoms with Crippen LogP contribution in [0.2, 0.25) is 0 Å². The van der Waals surface area contributed by atoms with Gasteiger partial charge in [0.2, 0.25) is 0 Å². The van der Waals surface area contributed by atoms with E-state index < -0.39 is 16.9 Å². The van der Waals surface area contributed by atoms with Gasteiger partial charge in [0.25, 0.3) is 11.2 Å². The lowest BCUT2D eigenvalue weighted by Gasteiger charge is -2.21. The number of nitro groups is 1. The van der Waals surface area contributed by atoms with Crippen LogP contribution in [0.1, 0.15) is 24.1 Å². The second-order valence-electron chi connectivity index (χ2n) is 7.24. The Hall–Kier alpha value is -4.11. The number of fused-ring (bicyclic) bond motifs is 1. The lowest BCUT2D eigenvalue weighted by molar-refractivity contribution is -0.384. The van der Waals surface area contributed by atoms with Crippen LogP contribution in [0.25, 0.3) is 12.2 Å². The molecular formula is C24H19N3O5S. The molecule has 166 valence electrons. The van der Waals surface area contributed by atoms with Gasteiger partial charge in [-0.25, -0.2) is 9.79 Å². The molecule has 33 heavy (non-hydrogen) atoms. The minimum atomic E-state index is -0.707. The molecule has 0 amide bonds. The molecule has 0 fully saturated rings. The molecule has 0 N–H and O–H groups in total. The van der Waals surface area contributed by atoms with Crippen molar-refractivity contribution < 1.29 is 14.5 Å². The topological polar surface area (TPSA) is 104 Å². The number of nitrogens with zero attached hydrogens (tertiary/aromatic N) is 3. The fourth-order valence-corrected chi connectivity index (χ4v) is 4.62. The van der Waals surface area contributed by atoms with Gasteiger partial charge in [-0.05, 0) is 24.1 Å². The molecule has 2 aromatic carbocycles. The number of thiazole rings is 1. The molecule has 8 nitrogen and oxygen atoms in total. The highest BCUT2D eigenvalue weighted by atomic mass is 32.1. The van der Waals surface area contributed by atoms with Crippen molar-refractivity contribution in [3.05, 3.63) is 113 Å². The van der Waals surface area contributed by atoms with Gasteiger partial charge in [0.1, 0.15) is 0 Å². The van der Waals surface area contributed by atoms with E-state index in [0.29, 0.717) is 20.6 Å². The third kappa shape index (κ3) is 4.44. The Morgan fingerprint density at radius 3 is 2.61 bits per heavy atom. The van der Waals surface area contributed by atoms with Crippen molar-refractivity contribution in [3.63, 3.8) is 0 Å². The Kier molecular flexibility index (Phi) is 6.14. The summed E-state index contributed by atoms with van der Waals surface area (Å²) in [6, 6.07) is 14.8. The molecule has 1 aliphatic heterocycles. The van der Waals surface area contributed by atoms with Gasteiger partial charge < -0.3 is 4.74 Å². The number of allylic oxidation sites excluding steroid dienone is 2. The van der Waals surface area contributed by atoms with Crippen molar-refractivity contribution in [1.29, 1.82) is 0 Å². The van der Waals surface area contributed by atoms with Crippen molar-refractivity contribution in [3.8, 4) is 0 Å². The van der Waals surface area contributed by atoms with Gasteiger partial charge in [-0.2, -0.15) is 0 Å². The summed E-state index contributed by atoms with van der Waals surface area (Å²) in [6.07, 6.45) is 5.20. The lowest BCUT2D eigenvalue weighted by atomic mass is 10.0. The smallest absolute Gasteiger partial charge is 0.338 e. The molecule has 0 aliphatic carbocycles. The number of hydrogen-bond donors (Lipinski definition) is 0. The summed E-state index contributed by atoms with van der Waals surface area (Å²) in [6.45, 7) is 1.70. The summed E-state index contributed by atoms with van der Waals surface area (Å²) >= 11 is 1.16. The predicted molar refractivity (Wildman–Crippen MR) is 125 cm³/mol. The molecule has 3 aromatic rings. The van der Waals surface area contributed by atoms with Crippen LogP contribution in [0.3, 0.4) is 0 Å². The summed E-state index contributed by atoms with van der Waals surface area (Å²) in [5.74, 6) is -0.563. The van der Waals surface area contributed by atoms with Crippen molar-refractivity contribution >= 4 is 35.1 Å². The second kappa shape index (κ2) is 9.17. The molecule has 4 rings (SSSR count). The number of carbonyl (C=O) groups is 1. The highest BCUT2D eigenvalue weighted by Gasteiger charge is 2.30. The average molecular weight is 461 g/mol. The number of rotatable bonds is 5. The van der Waals surface area contributed by atoms with Crippen LogP contribution in [0.4, 0.5) is 5.69 Å². The second-order valence-corrected chi connectivity index (χ2v) is 8.25. The van der Waals surface area contributed by atoms with Crippen LogP contribution in [0, 0.1) is 10.1 Å². The maximum atomic E-state index is 13.4. The summed E-state index contributed by atoms with van der Waals surface area (Å²) in [5, 5.41) is 11.1. The largest absolute Gasteiger partial charge is 0.466 e. The van der Waals surface area contributed by atoms with Crippen LogP contribution in [-0.4, -0.2) is 22.6 Å². The summed E-state index contributed by atoms with van der Waals surface area (Å²) in [5.41, 5.74) is 1.77. The Bertz CT molecular complexity index is 1480. The molecular weight excluding hydrogens is 442 g/mol. The van der Waals surface area contributed by atoms with Crippen molar-refractivity contribution in [2.24, 2.45) is 4.99 Å². The summed E-state index contributed by atoms with van der Waals surface area (Å²) < 4.78 is 6.76. The zero-order valence-corrected chi connectivity index (χ0v) is 18.6. The SMILES string of the molecule is COC(=O)C1=C(C)N=c2s/c(=C\c3cccc([N+](=O)[O-])c3)c(=O)n2[C@H]1/C=C/c1ccccc1. The Morgan fingerprint density at radius 2 is 1.91 bits per heavy atom. The van der Waals surface area contributed by atoms with Crippen molar-refractivity contribution in [2.45, 2.75) is 13.0 Å². The molecule has 0 spiro atoms. The number of esters is 1. The highest BCUT2D eigenvalue weighted by molar-refractivity contribution is 7.07. The van der Waals surface area contributed by atoms with Gasteiger partial charge in [-0.3, -0.25) is 19.5 Å². The van der Waals surface area contributed by atoms with E-state index in [1.165, 1.54) is 23.8 Å². The molecule has 0 unspecified atom stereocenters. The van der Waals surface area contributed by atoms with Crippen molar-refractivity contribution in [1.82, 2.24) is 4.57 Å². The molecule has 0 saturated carbocycles. The number of carbonyl (C=O) groups excluding carboxylic acids is 1. The van der Waals surface area contributed by atoms with E-state index in [-0.39, 0.29) is 16.8 Å². The number of benzene rings is 2. The maximum Gasteiger partial charge on any atom is 0.338 e. The number of aromatic nitrogens is 1. The van der Waals surface area contributed by atoms with E-state index in [4.69, 9.17) is 4.74 Å². The monoisotopic (exact) mass is 461 g/mol. The quantitative estimate of drug-likeness (QED) is 0.330. The average Bonchev–Trinajstić information content (AvgIpc) is 3.12. The minimum Gasteiger partial charge on any atom is -0.466 e. The Labute approximate surface area is 192 Å². The van der Waals surface area contributed by atoms with Crippen LogP contribution in [0.5, 0.6) is 0 Å². The van der Waals surface area contributed by atoms with E-state index in [9.17, 15) is 19.7 Å². The third-order valence-electron chi connectivity index (χ3n) is 5.12. The van der Waals surface area contributed by atoms with Crippen molar-refractivity contribution in [2.75, 3.05) is 7.11 Å². The Balaban J connectivity index is 1.88. The molecule has 2 heterocycles. The lowest BCUT2D eigenvalue weighted by Crippen LogP contribution is -2.38. The zero-order valence-electron chi connectivity index (χ0n) is 17.8. The van der Waals surface area contributed by atoms with Gasteiger partial charge >= 0.3 is 5.97 Å². The molecule has 0 saturated heterocycles. The number of hydrogen-bond acceptors (Lipinski definition) is 7. The molecule has 0 radical (unpaired) electrons. The zero-order chi connectivity index (χ0) is 23.5. The molecule has 1 aromatic heterocycles. The number of ether oxygens (including phenoxy) is 1. The number of methoxy groups -OCH3 is 1. The minimum absolute atomic E-state index is 0.0657. The molecule has 9 heteroatoms. The van der Waals surface area contributed by atoms with Gasteiger partial charge in [0.15, 0.2) is 4.80 Å². The first-order valence-electron chi connectivity index (χ1n) is 9.97. The fraction of sp³-hybridized carbons (Fsp3) is 0.125. The predicted octanol–water partition coefficient (Wildman–Crippen LogP) is 2.98. The first-order valence-corrected chi connectivity index (χ1v) is 10.8. The first kappa shape index (κ1) is 22.1. The molecule has 1 aliphatic rings. The van der Waals surface area contributed by atoms with Gasteiger partial charge in [0.05, 0.1) is 33.9 Å². The summed E-state index contributed by atoms with van der Waals surface area (Å²) in [4.78, 5) is 41.4. The van der Waals surface area contributed by atoms with E-state index in [2.05, 4.69) is 4.99 Å². The van der Waals surface area contributed by atoms with E-state index in [1.807, 2.05) is 36.4 Å². The number of nitro benzene ring substituents is 1. The number of non-ortho nitro benzene ring substituents is 1. The third-order valence-corrected chi connectivity index (χ3v) is 6.10. The van der Waals surface area contributed by atoms with E-state index in [0.717, 1.165) is 16.9 Å². The Morgan fingerprint density at radius 1 is 1.18 bits per heavy atom. The van der Waals surface area contributed by atoms with Gasteiger partial charge in [-0.15, -0.1) is 0 Å². The standard InChI is InChI=1S/C24H19N3O5S/c1-15-21(23(29)32-2)19(12-11-16-7-4-3-5-8-16)26-22(28)20(33-24(26)25-15)14-17-9-6-10-18(13-17)27(30)31/h3-14,19H,1-2H3/b12-11+,20-14-/t19-/m0/s1. The van der Waals surface area contributed by atoms with E-state index >= 15 is 0 Å². The van der Waals surface area contributed by atoms with Crippen LogP contribution in [0.15, 0.2) is 81.7 Å². The fourth-order valence-electron chi connectivity index (χ4n) is 3.56. The van der Waals surface area contributed by atoms with Crippen LogP contribution >= 0.6 is 11.3 Å². The normalized spacial score (nSPS) is 15.9. The van der Waals surface area contributed by atoms with Gasteiger partial charge in [0, 0.05) is 12.1 Å². The molecule has 1 atom stereocenters. The van der Waals surface area contributed by atoms with Crippen LogP contribution in [-0.2, 0) is 9.53 Å². The molecule has 0 bridgehead atoms. The summed E-state index contributed by atoms with van der Waals surface area (Å²) in [7, 11) is 1.29. The van der Waals surface area contributed by atoms with E-state index in [1.54, 1.807) is 31.2 Å². The highest BCUT2D eigenvalue weighted by Crippen LogP contribution is 2.26. The van der Waals surface area contributed by atoms with Crippen LogP contribution < -0.4 is 14.9 Å².